The summed E-state index contributed by atoms with van der Waals surface area (Å²) in [5, 5.41) is 3.17. The largest absolute Gasteiger partial charge is 0.335 e. The second-order valence-electron chi connectivity index (χ2n) is 6.41. The first-order valence-electron chi connectivity index (χ1n) is 8.34. The van der Waals surface area contributed by atoms with Gasteiger partial charge in [-0.05, 0) is 63.2 Å². The molecule has 114 valence electrons. The number of hydrogen-bond donors (Lipinski definition) is 1. The van der Waals surface area contributed by atoms with Crippen LogP contribution in [0.1, 0.15) is 48.0 Å². The maximum absolute atomic E-state index is 13.0. The molecule has 0 radical (unpaired) electrons. The Labute approximate surface area is 127 Å². The Morgan fingerprint density at radius 1 is 1.24 bits per heavy atom. The molecule has 1 N–H and O–H groups in total. The molecule has 1 aromatic rings. The first kappa shape index (κ1) is 14.6. The quantitative estimate of drug-likeness (QED) is 0.923. The highest BCUT2D eigenvalue weighted by atomic mass is 16.2. The lowest BCUT2D eigenvalue weighted by Gasteiger charge is -2.38. The Kier molecular flexibility index (Phi) is 4.59. The van der Waals surface area contributed by atoms with E-state index in [1.165, 1.54) is 37.7 Å². The third-order valence-corrected chi connectivity index (χ3v) is 5.15. The number of likely N-dealkylation sites (tertiary alicyclic amines) is 1. The number of fused-ring (bicyclic) bond motifs is 1. The molecule has 1 saturated carbocycles. The van der Waals surface area contributed by atoms with Gasteiger partial charge in [-0.3, -0.25) is 4.79 Å². The van der Waals surface area contributed by atoms with Crippen molar-refractivity contribution < 1.29 is 4.79 Å². The topological polar surface area (TPSA) is 32.3 Å². The van der Waals surface area contributed by atoms with Gasteiger partial charge in [0.2, 0.25) is 0 Å². The van der Waals surface area contributed by atoms with Crippen molar-refractivity contribution in [2.45, 2.75) is 44.6 Å². The summed E-state index contributed by atoms with van der Waals surface area (Å²) in [6.45, 7) is 1.86. The van der Waals surface area contributed by atoms with Crippen molar-refractivity contribution >= 4 is 5.91 Å². The Morgan fingerprint density at radius 2 is 2.05 bits per heavy atom. The number of amides is 1. The smallest absolute Gasteiger partial charge is 0.254 e. The molecule has 1 aromatic carbocycles. The highest BCUT2D eigenvalue weighted by molar-refractivity contribution is 5.96. The highest BCUT2D eigenvalue weighted by Crippen LogP contribution is 2.37. The van der Waals surface area contributed by atoms with Gasteiger partial charge in [0.25, 0.3) is 5.91 Å². The van der Waals surface area contributed by atoms with E-state index < -0.39 is 0 Å². The second kappa shape index (κ2) is 6.61. The minimum Gasteiger partial charge on any atom is -0.335 e. The van der Waals surface area contributed by atoms with Crippen LogP contribution in [-0.2, 0) is 6.42 Å². The Hall–Kier alpha value is -1.35. The van der Waals surface area contributed by atoms with E-state index in [0.29, 0.717) is 6.04 Å². The van der Waals surface area contributed by atoms with Gasteiger partial charge in [0.1, 0.15) is 0 Å². The van der Waals surface area contributed by atoms with Crippen molar-refractivity contribution in [1.82, 2.24) is 10.2 Å². The van der Waals surface area contributed by atoms with Crippen LogP contribution in [0.2, 0.25) is 0 Å². The fourth-order valence-electron chi connectivity index (χ4n) is 4.07. The van der Waals surface area contributed by atoms with Crippen molar-refractivity contribution in [3.63, 3.8) is 0 Å². The van der Waals surface area contributed by atoms with Crippen molar-refractivity contribution in [2.24, 2.45) is 5.92 Å². The van der Waals surface area contributed by atoms with Crippen molar-refractivity contribution in [2.75, 3.05) is 20.1 Å². The Bertz CT molecular complexity index is 500. The van der Waals surface area contributed by atoms with E-state index in [1.54, 1.807) is 0 Å². The van der Waals surface area contributed by atoms with E-state index in [1.807, 2.05) is 25.2 Å². The zero-order chi connectivity index (χ0) is 14.7. The van der Waals surface area contributed by atoms with Crippen LogP contribution in [0.25, 0.3) is 0 Å². The van der Waals surface area contributed by atoms with Gasteiger partial charge in [0.05, 0.1) is 0 Å². The van der Waals surface area contributed by atoms with Crippen LogP contribution in [0, 0.1) is 5.92 Å². The summed E-state index contributed by atoms with van der Waals surface area (Å²) < 4.78 is 0. The SMILES string of the molecule is CNCCc1ccccc1C(=O)N1CCCC2CCCC21. The van der Waals surface area contributed by atoms with E-state index in [0.717, 1.165) is 31.0 Å². The van der Waals surface area contributed by atoms with E-state index in [-0.39, 0.29) is 5.91 Å². The summed E-state index contributed by atoms with van der Waals surface area (Å²) in [7, 11) is 1.96. The molecule has 1 aliphatic heterocycles. The zero-order valence-corrected chi connectivity index (χ0v) is 13.0. The lowest BCUT2D eigenvalue weighted by molar-refractivity contribution is 0.0547. The third kappa shape index (κ3) is 2.98. The van der Waals surface area contributed by atoms with Crippen LogP contribution >= 0.6 is 0 Å². The molecule has 2 atom stereocenters. The summed E-state index contributed by atoms with van der Waals surface area (Å²) >= 11 is 0. The molecule has 2 aliphatic rings. The van der Waals surface area contributed by atoms with E-state index in [2.05, 4.69) is 16.3 Å². The van der Waals surface area contributed by atoms with Gasteiger partial charge >= 0.3 is 0 Å². The molecule has 3 rings (SSSR count). The molecule has 2 fully saturated rings. The summed E-state index contributed by atoms with van der Waals surface area (Å²) in [5.41, 5.74) is 2.09. The molecule has 1 heterocycles. The van der Waals surface area contributed by atoms with Crippen LogP contribution in [-0.4, -0.2) is 37.0 Å². The molecule has 1 aliphatic carbocycles. The van der Waals surface area contributed by atoms with Crippen molar-refractivity contribution in [3.8, 4) is 0 Å². The predicted molar refractivity (Wildman–Crippen MR) is 85.5 cm³/mol. The Balaban J connectivity index is 1.81. The standard InChI is InChI=1S/C18H26N2O/c1-19-12-11-14-6-2-3-9-16(14)18(21)20-13-5-8-15-7-4-10-17(15)20/h2-3,6,9,15,17,19H,4-5,7-8,10-13H2,1H3. The predicted octanol–water partition coefficient (Wildman–Crippen LogP) is 2.85. The van der Waals surface area contributed by atoms with E-state index in [9.17, 15) is 4.79 Å². The maximum Gasteiger partial charge on any atom is 0.254 e. The monoisotopic (exact) mass is 286 g/mol. The number of rotatable bonds is 4. The fourth-order valence-corrected chi connectivity index (χ4v) is 4.07. The second-order valence-corrected chi connectivity index (χ2v) is 6.41. The number of carbonyl (C=O) groups excluding carboxylic acids is 1. The van der Waals surface area contributed by atoms with Gasteiger partial charge in [-0.15, -0.1) is 0 Å². The average Bonchev–Trinajstić information content (AvgIpc) is 3.01. The van der Waals surface area contributed by atoms with Gasteiger partial charge < -0.3 is 10.2 Å². The molecule has 2 unspecified atom stereocenters. The van der Waals surface area contributed by atoms with Gasteiger partial charge in [0, 0.05) is 18.2 Å². The molecule has 0 spiro atoms. The molecule has 3 nitrogen and oxygen atoms in total. The van der Waals surface area contributed by atoms with E-state index >= 15 is 0 Å². The number of nitrogens with zero attached hydrogens (tertiary/aromatic N) is 1. The van der Waals surface area contributed by atoms with Crippen molar-refractivity contribution in [1.29, 1.82) is 0 Å². The number of benzene rings is 1. The fraction of sp³-hybridized carbons (Fsp3) is 0.611. The zero-order valence-electron chi connectivity index (χ0n) is 13.0. The molecule has 3 heteroatoms. The molecule has 1 saturated heterocycles. The highest BCUT2D eigenvalue weighted by Gasteiger charge is 2.37. The van der Waals surface area contributed by atoms with Crippen LogP contribution in [0.5, 0.6) is 0 Å². The first-order chi connectivity index (χ1) is 10.3. The summed E-state index contributed by atoms with van der Waals surface area (Å²) in [5.74, 6) is 1.02. The number of hydrogen-bond acceptors (Lipinski definition) is 2. The summed E-state index contributed by atoms with van der Waals surface area (Å²) in [6, 6.07) is 8.64. The number of piperidine rings is 1. The Morgan fingerprint density at radius 3 is 2.90 bits per heavy atom. The van der Waals surface area contributed by atoms with Gasteiger partial charge in [-0.25, -0.2) is 0 Å². The first-order valence-corrected chi connectivity index (χ1v) is 8.34. The number of carbonyl (C=O) groups is 1. The minimum atomic E-state index is 0.262. The molecule has 21 heavy (non-hydrogen) atoms. The average molecular weight is 286 g/mol. The summed E-state index contributed by atoms with van der Waals surface area (Å²) in [4.78, 5) is 15.2. The van der Waals surface area contributed by atoms with Crippen LogP contribution in [0.4, 0.5) is 0 Å². The normalized spacial score (nSPS) is 24.9. The van der Waals surface area contributed by atoms with E-state index in [4.69, 9.17) is 0 Å². The molecule has 0 bridgehead atoms. The molecule has 0 aromatic heterocycles. The minimum absolute atomic E-state index is 0.262. The van der Waals surface area contributed by atoms with Crippen LogP contribution < -0.4 is 5.32 Å². The number of likely N-dealkylation sites (N-methyl/N-ethyl adjacent to an activating group) is 1. The number of nitrogens with one attached hydrogen (secondary N) is 1. The summed E-state index contributed by atoms with van der Waals surface area (Å²) in [6.07, 6.45) is 7.22. The van der Waals surface area contributed by atoms with Crippen LogP contribution in [0.15, 0.2) is 24.3 Å². The lowest BCUT2D eigenvalue weighted by atomic mass is 9.91. The van der Waals surface area contributed by atoms with Crippen LogP contribution in [0.3, 0.4) is 0 Å². The third-order valence-electron chi connectivity index (χ3n) is 5.15. The molecular weight excluding hydrogens is 260 g/mol. The molecule has 1 amide bonds. The van der Waals surface area contributed by atoms with Gasteiger partial charge in [-0.1, -0.05) is 24.6 Å². The maximum atomic E-state index is 13.0. The molecular formula is C18H26N2O. The van der Waals surface area contributed by atoms with Gasteiger partial charge in [-0.2, -0.15) is 0 Å². The van der Waals surface area contributed by atoms with Crippen molar-refractivity contribution in [3.05, 3.63) is 35.4 Å². The van der Waals surface area contributed by atoms with Gasteiger partial charge in [0.15, 0.2) is 0 Å². The lowest BCUT2D eigenvalue weighted by Crippen LogP contribution is -2.46.